The number of nitrogens with one attached hydrogen (secondary N) is 1. The summed E-state index contributed by atoms with van der Waals surface area (Å²) in [6.45, 7) is 4.76. The minimum Gasteiger partial charge on any atom is -0.489 e. The van der Waals surface area contributed by atoms with Crippen LogP contribution in [0.25, 0.3) is 0 Å². The van der Waals surface area contributed by atoms with Crippen molar-refractivity contribution < 1.29 is 9.53 Å². The standard InChI is InChI=1S/C20H21N3O2/c1-15-13-23(10-9-22-15)20(24)18-5-7-19(8-6-18)25-14-17-4-2-3-16(11-17)12-21/h2-8,11,15,22H,9-10,13-14H2,1H3. The van der Waals surface area contributed by atoms with Crippen molar-refractivity contribution >= 4 is 5.91 Å². The van der Waals surface area contributed by atoms with Crippen molar-refractivity contribution in [3.63, 3.8) is 0 Å². The van der Waals surface area contributed by atoms with Gasteiger partial charge < -0.3 is 15.0 Å². The van der Waals surface area contributed by atoms with E-state index in [0.717, 1.165) is 25.2 Å². The second-order valence-electron chi connectivity index (χ2n) is 6.23. The lowest BCUT2D eigenvalue weighted by molar-refractivity contribution is 0.0709. The summed E-state index contributed by atoms with van der Waals surface area (Å²) < 4.78 is 5.74. The lowest BCUT2D eigenvalue weighted by Gasteiger charge is -2.32. The van der Waals surface area contributed by atoms with E-state index in [-0.39, 0.29) is 5.91 Å². The van der Waals surface area contributed by atoms with E-state index in [2.05, 4.69) is 18.3 Å². The average molecular weight is 335 g/mol. The lowest BCUT2D eigenvalue weighted by Crippen LogP contribution is -2.51. The first-order valence-corrected chi connectivity index (χ1v) is 8.40. The molecule has 0 radical (unpaired) electrons. The fourth-order valence-corrected chi connectivity index (χ4v) is 2.89. The number of hydrogen-bond acceptors (Lipinski definition) is 4. The van der Waals surface area contributed by atoms with Crippen molar-refractivity contribution in [3.05, 3.63) is 65.2 Å². The van der Waals surface area contributed by atoms with Gasteiger partial charge in [-0.2, -0.15) is 5.26 Å². The SMILES string of the molecule is CC1CN(C(=O)c2ccc(OCc3cccc(C#N)c3)cc2)CCN1. The van der Waals surface area contributed by atoms with Crippen LogP contribution in [0.2, 0.25) is 0 Å². The maximum absolute atomic E-state index is 12.5. The van der Waals surface area contributed by atoms with Crippen molar-refractivity contribution in [3.8, 4) is 11.8 Å². The van der Waals surface area contributed by atoms with Gasteiger partial charge in [0.15, 0.2) is 0 Å². The fraction of sp³-hybridized carbons (Fsp3) is 0.300. The number of rotatable bonds is 4. The van der Waals surface area contributed by atoms with Gasteiger partial charge in [-0.15, -0.1) is 0 Å². The van der Waals surface area contributed by atoms with Gasteiger partial charge >= 0.3 is 0 Å². The summed E-state index contributed by atoms with van der Waals surface area (Å²) in [5, 5.41) is 12.3. The Morgan fingerprint density at radius 3 is 2.84 bits per heavy atom. The van der Waals surface area contributed by atoms with Crippen molar-refractivity contribution in [2.24, 2.45) is 0 Å². The largest absolute Gasteiger partial charge is 0.489 e. The average Bonchev–Trinajstić information content (AvgIpc) is 2.66. The van der Waals surface area contributed by atoms with E-state index in [4.69, 9.17) is 10.00 Å². The molecule has 3 rings (SSSR count). The van der Waals surface area contributed by atoms with Crippen molar-refractivity contribution in [2.75, 3.05) is 19.6 Å². The molecular formula is C20H21N3O2. The van der Waals surface area contributed by atoms with E-state index in [0.29, 0.717) is 29.5 Å². The van der Waals surface area contributed by atoms with Crippen LogP contribution in [0.15, 0.2) is 48.5 Å². The summed E-state index contributed by atoms with van der Waals surface area (Å²) in [5.74, 6) is 0.759. The molecule has 0 spiro atoms. The van der Waals surface area contributed by atoms with Gasteiger partial charge in [0.25, 0.3) is 5.91 Å². The smallest absolute Gasteiger partial charge is 0.253 e. The molecule has 1 saturated heterocycles. The molecule has 1 aliphatic rings. The van der Waals surface area contributed by atoms with Crippen LogP contribution in [-0.4, -0.2) is 36.5 Å². The second-order valence-corrected chi connectivity index (χ2v) is 6.23. The maximum Gasteiger partial charge on any atom is 0.253 e. The number of nitriles is 1. The third kappa shape index (κ3) is 4.37. The third-order valence-corrected chi connectivity index (χ3v) is 4.22. The Hall–Kier alpha value is -2.84. The number of carbonyl (C=O) groups excluding carboxylic acids is 1. The van der Waals surface area contributed by atoms with Crippen molar-refractivity contribution in [1.29, 1.82) is 5.26 Å². The highest BCUT2D eigenvalue weighted by molar-refractivity contribution is 5.94. The fourth-order valence-electron chi connectivity index (χ4n) is 2.89. The number of carbonyl (C=O) groups is 1. The molecule has 0 aromatic heterocycles. The first kappa shape index (κ1) is 17.0. The van der Waals surface area contributed by atoms with E-state index in [9.17, 15) is 4.79 Å². The highest BCUT2D eigenvalue weighted by Crippen LogP contribution is 2.16. The van der Waals surface area contributed by atoms with Gasteiger partial charge in [-0.1, -0.05) is 12.1 Å². The lowest BCUT2D eigenvalue weighted by atomic mass is 10.1. The minimum absolute atomic E-state index is 0.0571. The van der Waals surface area contributed by atoms with Crippen molar-refractivity contribution in [2.45, 2.75) is 19.6 Å². The zero-order valence-electron chi connectivity index (χ0n) is 14.2. The van der Waals surface area contributed by atoms with Crippen LogP contribution in [0.4, 0.5) is 0 Å². The zero-order chi connectivity index (χ0) is 17.6. The predicted molar refractivity (Wildman–Crippen MR) is 95.3 cm³/mol. The van der Waals surface area contributed by atoms with Crippen LogP contribution in [0.3, 0.4) is 0 Å². The molecule has 0 saturated carbocycles. The number of piperazine rings is 1. The van der Waals surface area contributed by atoms with E-state index in [1.807, 2.05) is 35.2 Å². The Bertz CT molecular complexity index is 780. The molecule has 1 amide bonds. The molecule has 1 heterocycles. The monoisotopic (exact) mass is 335 g/mol. The first-order chi connectivity index (χ1) is 12.2. The van der Waals surface area contributed by atoms with Crippen LogP contribution in [0.5, 0.6) is 5.75 Å². The van der Waals surface area contributed by atoms with E-state index in [1.54, 1.807) is 18.2 Å². The normalized spacial score (nSPS) is 17.0. The minimum atomic E-state index is 0.0571. The predicted octanol–water partition coefficient (Wildman–Crippen LogP) is 2.57. The van der Waals surface area contributed by atoms with Gasteiger partial charge in [-0.25, -0.2) is 0 Å². The summed E-state index contributed by atoms with van der Waals surface area (Å²) in [6, 6.07) is 17.0. The summed E-state index contributed by atoms with van der Waals surface area (Å²) in [4.78, 5) is 14.4. The number of hydrogen-bond donors (Lipinski definition) is 1. The molecule has 2 aromatic carbocycles. The molecule has 0 aliphatic carbocycles. The van der Waals surface area contributed by atoms with E-state index in [1.165, 1.54) is 0 Å². The van der Waals surface area contributed by atoms with Crippen LogP contribution in [-0.2, 0) is 6.61 Å². The molecule has 1 aliphatic heterocycles. The molecule has 1 atom stereocenters. The number of benzene rings is 2. The molecule has 0 bridgehead atoms. The van der Waals surface area contributed by atoms with Crippen LogP contribution < -0.4 is 10.1 Å². The summed E-state index contributed by atoms with van der Waals surface area (Å²) in [5.41, 5.74) is 2.23. The Kier molecular flexibility index (Phi) is 5.32. The molecular weight excluding hydrogens is 314 g/mol. The highest BCUT2D eigenvalue weighted by atomic mass is 16.5. The number of nitrogens with zero attached hydrogens (tertiary/aromatic N) is 2. The van der Waals surface area contributed by atoms with Crippen LogP contribution >= 0.6 is 0 Å². The quantitative estimate of drug-likeness (QED) is 0.933. The molecule has 25 heavy (non-hydrogen) atoms. The Morgan fingerprint density at radius 2 is 2.12 bits per heavy atom. The van der Waals surface area contributed by atoms with Gasteiger partial charge in [-0.3, -0.25) is 4.79 Å². The van der Waals surface area contributed by atoms with Gasteiger partial charge in [0, 0.05) is 31.2 Å². The van der Waals surface area contributed by atoms with Gasteiger partial charge in [0.2, 0.25) is 0 Å². The molecule has 5 heteroatoms. The molecule has 1 fully saturated rings. The Balaban J connectivity index is 1.60. The zero-order valence-corrected chi connectivity index (χ0v) is 14.2. The summed E-state index contributed by atoms with van der Waals surface area (Å²) in [6.07, 6.45) is 0. The van der Waals surface area contributed by atoms with Crippen LogP contribution in [0, 0.1) is 11.3 Å². The van der Waals surface area contributed by atoms with Crippen molar-refractivity contribution in [1.82, 2.24) is 10.2 Å². The second kappa shape index (κ2) is 7.82. The Labute approximate surface area is 147 Å². The maximum atomic E-state index is 12.5. The molecule has 128 valence electrons. The molecule has 5 nitrogen and oxygen atoms in total. The molecule has 1 N–H and O–H groups in total. The highest BCUT2D eigenvalue weighted by Gasteiger charge is 2.21. The van der Waals surface area contributed by atoms with Gasteiger partial charge in [0.05, 0.1) is 11.6 Å². The summed E-state index contributed by atoms with van der Waals surface area (Å²) in [7, 11) is 0. The van der Waals surface area contributed by atoms with Gasteiger partial charge in [0.1, 0.15) is 12.4 Å². The van der Waals surface area contributed by atoms with Crippen LogP contribution in [0.1, 0.15) is 28.4 Å². The van der Waals surface area contributed by atoms with E-state index >= 15 is 0 Å². The van der Waals surface area contributed by atoms with Gasteiger partial charge in [-0.05, 0) is 48.9 Å². The first-order valence-electron chi connectivity index (χ1n) is 8.40. The third-order valence-electron chi connectivity index (χ3n) is 4.22. The molecule has 1 unspecified atom stereocenters. The molecule has 2 aromatic rings. The topological polar surface area (TPSA) is 65.4 Å². The summed E-state index contributed by atoms with van der Waals surface area (Å²) >= 11 is 0. The Morgan fingerprint density at radius 1 is 1.32 bits per heavy atom. The van der Waals surface area contributed by atoms with E-state index < -0.39 is 0 Å². The number of ether oxygens (including phenoxy) is 1. The number of amides is 1.